The minimum atomic E-state index is -1.31. The third kappa shape index (κ3) is 5.01. The van der Waals surface area contributed by atoms with Gasteiger partial charge in [-0.25, -0.2) is 0 Å². The van der Waals surface area contributed by atoms with Gasteiger partial charge in [-0.2, -0.15) is 0 Å². The molecule has 0 saturated heterocycles. The molecular formula is C4H12N2O4. The predicted octanol–water partition coefficient (Wildman–Crippen LogP) is 0.116. The molecule has 62 valence electrons. The van der Waals surface area contributed by atoms with Crippen molar-refractivity contribution in [3.05, 3.63) is 0 Å². The van der Waals surface area contributed by atoms with E-state index in [0.29, 0.717) is 0 Å². The lowest BCUT2D eigenvalue weighted by Crippen LogP contribution is -2.19. The molecule has 0 fully saturated rings. The van der Waals surface area contributed by atoms with E-state index in [1.54, 1.807) is 0 Å². The quantitative estimate of drug-likeness (QED) is 0.413. The maximum absolute atomic E-state index is 9.76. The first kappa shape index (κ1) is 15.9. The number of carboxylic acid groups (broad SMARTS) is 2. The van der Waals surface area contributed by atoms with Crippen molar-refractivity contribution in [2.75, 3.05) is 0 Å². The topological polar surface area (TPSA) is 145 Å². The summed E-state index contributed by atoms with van der Waals surface area (Å²) in [6.45, 7) is 1.12. The highest BCUT2D eigenvalue weighted by atomic mass is 16.4. The van der Waals surface area contributed by atoms with Crippen LogP contribution in [0, 0.1) is 5.92 Å². The first-order chi connectivity index (χ1) is 3.55. The van der Waals surface area contributed by atoms with Crippen LogP contribution in [-0.2, 0) is 9.59 Å². The summed E-state index contributed by atoms with van der Waals surface area (Å²) < 4.78 is 0. The molecule has 6 nitrogen and oxygen atoms in total. The van der Waals surface area contributed by atoms with Crippen molar-refractivity contribution >= 4 is 11.9 Å². The van der Waals surface area contributed by atoms with Gasteiger partial charge in [-0.3, -0.25) is 9.59 Å². The summed E-state index contributed by atoms with van der Waals surface area (Å²) in [6.07, 6.45) is 0. The van der Waals surface area contributed by atoms with E-state index < -0.39 is 17.9 Å². The van der Waals surface area contributed by atoms with Crippen LogP contribution in [-0.4, -0.2) is 22.2 Å². The molecule has 0 aliphatic carbocycles. The van der Waals surface area contributed by atoms with Crippen LogP contribution in [0.5, 0.6) is 0 Å². The third-order valence-electron chi connectivity index (χ3n) is 0.741. The van der Waals surface area contributed by atoms with E-state index in [2.05, 4.69) is 0 Å². The Kier molecular flexibility index (Phi) is 9.54. The van der Waals surface area contributed by atoms with Gasteiger partial charge in [0.2, 0.25) is 0 Å². The van der Waals surface area contributed by atoms with Crippen molar-refractivity contribution < 1.29 is 19.8 Å². The fourth-order valence-electron chi connectivity index (χ4n) is 0.106. The molecule has 6 heteroatoms. The lowest BCUT2D eigenvalue weighted by Gasteiger charge is -1.94. The first-order valence-electron chi connectivity index (χ1n) is 2.01. The standard InChI is InChI=1S/C4H6O4.2H3N/c1-2(3(5)6)4(7)8;;/h2H,1H3,(H,5,6)(H,7,8);2*1H3. The van der Waals surface area contributed by atoms with Crippen LogP contribution >= 0.6 is 0 Å². The van der Waals surface area contributed by atoms with Gasteiger partial charge in [0.15, 0.2) is 5.92 Å². The lowest BCUT2D eigenvalue weighted by atomic mass is 10.2. The maximum atomic E-state index is 9.76. The molecule has 0 atom stereocenters. The van der Waals surface area contributed by atoms with Crippen LogP contribution in [0.25, 0.3) is 0 Å². The smallest absolute Gasteiger partial charge is 0.317 e. The van der Waals surface area contributed by atoms with Crippen molar-refractivity contribution in [2.24, 2.45) is 5.92 Å². The molecule has 0 radical (unpaired) electrons. The number of carbonyl (C=O) groups is 2. The van der Waals surface area contributed by atoms with Crippen LogP contribution in [0.2, 0.25) is 0 Å². The van der Waals surface area contributed by atoms with Crippen molar-refractivity contribution in [2.45, 2.75) is 6.92 Å². The number of aliphatic carboxylic acids is 2. The van der Waals surface area contributed by atoms with Crippen LogP contribution in [0.3, 0.4) is 0 Å². The van der Waals surface area contributed by atoms with Crippen LogP contribution < -0.4 is 12.3 Å². The molecule has 0 aromatic heterocycles. The van der Waals surface area contributed by atoms with Gasteiger partial charge in [0, 0.05) is 0 Å². The van der Waals surface area contributed by atoms with Crippen molar-refractivity contribution in [3.8, 4) is 0 Å². The van der Waals surface area contributed by atoms with Crippen LogP contribution in [0.1, 0.15) is 6.92 Å². The van der Waals surface area contributed by atoms with E-state index in [1.165, 1.54) is 0 Å². The predicted molar refractivity (Wildman–Crippen MR) is 34.5 cm³/mol. The Morgan fingerprint density at radius 3 is 1.30 bits per heavy atom. The zero-order valence-electron chi connectivity index (χ0n) is 5.70. The third-order valence-corrected chi connectivity index (χ3v) is 0.741. The van der Waals surface area contributed by atoms with Gasteiger partial charge in [0.25, 0.3) is 0 Å². The van der Waals surface area contributed by atoms with Gasteiger partial charge in [0.05, 0.1) is 0 Å². The first-order valence-corrected chi connectivity index (χ1v) is 2.01. The molecule has 0 aromatic carbocycles. The summed E-state index contributed by atoms with van der Waals surface area (Å²) >= 11 is 0. The Hall–Kier alpha value is -1.14. The van der Waals surface area contributed by atoms with Crippen LogP contribution in [0.4, 0.5) is 0 Å². The molecule has 0 rings (SSSR count). The van der Waals surface area contributed by atoms with Crippen molar-refractivity contribution in [3.63, 3.8) is 0 Å². The number of hydrogen-bond acceptors (Lipinski definition) is 4. The van der Waals surface area contributed by atoms with Gasteiger partial charge in [-0.15, -0.1) is 0 Å². The molecule has 0 aromatic rings. The molecule has 0 aliphatic heterocycles. The summed E-state index contributed by atoms with van der Waals surface area (Å²) in [7, 11) is 0. The normalized spacial score (nSPS) is 7.40. The maximum Gasteiger partial charge on any atom is 0.317 e. The molecular weight excluding hydrogens is 140 g/mol. The zero-order chi connectivity index (χ0) is 6.73. The summed E-state index contributed by atoms with van der Waals surface area (Å²) in [5.41, 5.74) is 0. The van der Waals surface area contributed by atoms with Gasteiger partial charge in [0.1, 0.15) is 0 Å². The van der Waals surface area contributed by atoms with E-state index >= 15 is 0 Å². The van der Waals surface area contributed by atoms with E-state index in [0.717, 1.165) is 6.92 Å². The van der Waals surface area contributed by atoms with E-state index in [1.807, 2.05) is 0 Å². The Morgan fingerprint density at radius 2 is 1.30 bits per heavy atom. The highest BCUT2D eigenvalue weighted by Gasteiger charge is 2.18. The van der Waals surface area contributed by atoms with Gasteiger partial charge in [-0.05, 0) is 6.92 Å². The van der Waals surface area contributed by atoms with Gasteiger partial charge < -0.3 is 22.5 Å². The largest absolute Gasteiger partial charge is 0.481 e. The second-order valence-corrected chi connectivity index (χ2v) is 1.40. The molecule has 0 saturated carbocycles. The van der Waals surface area contributed by atoms with E-state index in [4.69, 9.17) is 10.2 Å². The second-order valence-electron chi connectivity index (χ2n) is 1.40. The SMILES string of the molecule is CC(C(=O)O)C(=O)O.N.N. The molecule has 0 spiro atoms. The average molecular weight is 152 g/mol. The molecule has 0 bridgehead atoms. The van der Waals surface area contributed by atoms with Gasteiger partial charge >= 0.3 is 11.9 Å². The molecule has 10 heavy (non-hydrogen) atoms. The summed E-state index contributed by atoms with van der Waals surface area (Å²) in [4.78, 5) is 19.5. The minimum Gasteiger partial charge on any atom is -0.481 e. The number of rotatable bonds is 2. The zero-order valence-corrected chi connectivity index (χ0v) is 5.70. The Morgan fingerprint density at radius 1 is 1.10 bits per heavy atom. The number of hydrogen-bond donors (Lipinski definition) is 4. The van der Waals surface area contributed by atoms with Crippen molar-refractivity contribution in [1.82, 2.24) is 12.3 Å². The summed E-state index contributed by atoms with van der Waals surface area (Å²) in [5, 5.41) is 15.9. The Balaban J connectivity index is -0.000000245. The monoisotopic (exact) mass is 152 g/mol. The summed E-state index contributed by atoms with van der Waals surface area (Å²) in [5.74, 6) is -3.91. The van der Waals surface area contributed by atoms with E-state index in [-0.39, 0.29) is 12.3 Å². The second kappa shape index (κ2) is 5.99. The molecule has 8 N–H and O–H groups in total. The minimum absolute atomic E-state index is 0. The Labute approximate surface area is 58.0 Å². The van der Waals surface area contributed by atoms with Crippen LogP contribution in [0.15, 0.2) is 0 Å². The Bertz CT molecular complexity index is 110. The fraction of sp³-hybridized carbons (Fsp3) is 0.500. The van der Waals surface area contributed by atoms with Gasteiger partial charge in [-0.1, -0.05) is 0 Å². The summed E-state index contributed by atoms with van der Waals surface area (Å²) in [6, 6.07) is 0. The van der Waals surface area contributed by atoms with E-state index in [9.17, 15) is 9.59 Å². The fourth-order valence-corrected chi connectivity index (χ4v) is 0.106. The lowest BCUT2D eigenvalue weighted by molar-refractivity contribution is -0.153. The molecule has 0 heterocycles. The highest BCUT2D eigenvalue weighted by Crippen LogP contribution is 1.91. The van der Waals surface area contributed by atoms with Crippen molar-refractivity contribution in [1.29, 1.82) is 0 Å². The average Bonchev–Trinajstić information content (AvgIpc) is 1.64. The molecule has 0 unspecified atom stereocenters. The molecule has 0 amide bonds. The molecule has 0 aliphatic rings. The highest BCUT2D eigenvalue weighted by molar-refractivity contribution is 5.92. The number of carboxylic acids is 2.